The highest BCUT2D eigenvalue weighted by atomic mass is 16.5. The van der Waals surface area contributed by atoms with Gasteiger partial charge in [0.15, 0.2) is 11.7 Å². The number of carbonyl (C=O) groups excluding carboxylic acids is 3. The van der Waals surface area contributed by atoms with Gasteiger partial charge in [-0.2, -0.15) is 0 Å². The number of benzene rings is 1. The van der Waals surface area contributed by atoms with Crippen molar-refractivity contribution in [2.24, 2.45) is 5.92 Å². The van der Waals surface area contributed by atoms with Crippen molar-refractivity contribution in [2.45, 2.75) is 25.8 Å². The summed E-state index contributed by atoms with van der Waals surface area (Å²) in [7, 11) is 1.56. The highest BCUT2D eigenvalue weighted by Gasteiger charge is 2.40. The number of likely N-dealkylation sites (tertiary alicyclic amines) is 1. The number of nitrogens with one attached hydrogen (secondary N) is 1. The van der Waals surface area contributed by atoms with Gasteiger partial charge in [0, 0.05) is 32.5 Å². The molecule has 140 valence electrons. The van der Waals surface area contributed by atoms with Gasteiger partial charge >= 0.3 is 5.97 Å². The quantitative estimate of drug-likeness (QED) is 0.517. The summed E-state index contributed by atoms with van der Waals surface area (Å²) in [6, 6.07) is 7.20. The summed E-state index contributed by atoms with van der Waals surface area (Å²) in [4.78, 5) is 48.8. The van der Waals surface area contributed by atoms with Crippen molar-refractivity contribution in [3.8, 4) is 5.75 Å². The first-order valence-corrected chi connectivity index (χ1v) is 8.36. The largest absolute Gasteiger partial charge is 0.497 e. The molecule has 0 aliphatic carbocycles. The number of Topliss-reactive ketones (excluding diaryl/α,β-unsaturated/α-hetero) is 1. The molecule has 1 atom stereocenters. The molecular formula is C18H22N2O6. The second-order valence-electron chi connectivity index (χ2n) is 6.05. The third-order valence-corrected chi connectivity index (χ3v) is 4.17. The first-order chi connectivity index (χ1) is 12.4. The lowest BCUT2D eigenvalue weighted by molar-refractivity contribution is -0.151. The molecule has 0 aromatic heterocycles. The molecular weight excluding hydrogens is 340 g/mol. The van der Waals surface area contributed by atoms with Crippen molar-refractivity contribution in [3.05, 3.63) is 29.8 Å². The van der Waals surface area contributed by atoms with Gasteiger partial charge in [-0.15, -0.1) is 0 Å². The average Bonchev–Trinajstić information content (AvgIpc) is 2.62. The molecule has 2 rings (SSSR count). The van der Waals surface area contributed by atoms with Crippen LogP contribution in [-0.2, 0) is 25.7 Å². The van der Waals surface area contributed by atoms with Crippen molar-refractivity contribution in [1.82, 2.24) is 10.2 Å². The summed E-state index contributed by atoms with van der Waals surface area (Å²) in [6.07, 6.45) is 0.275. The Morgan fingerprint density at radius 2 is 1.96 bits per heavy atom. The Balaban J connectivity index is 1.96. The van der Waals surface area contributed by atoms with Gasteiger partial charge in [0.05, 0.1) is 7.11 Å². The summed E-state index contributed by atoms with van der Waals surface area (Å²) in [5, 5.41) is 11.1. The number of piperidine rings is 1. The Labute approximate surface area is 151 Å². The number of carboxylic acid groups (broad SMARTS) is 1. The summed E-state index contributed by atoms with van der Waals surface area (Å²) >= 11 is 0. The van der Waals surface area contributed by atoms with Crippen LogP contribution < -0.4 is 10.1 Å². The molecule has 1 unspecified atom stereocenters. The van der Waals surface area contributed by atoms with E-state index in [2.05, 4.69) is 5.32 Å². The van der Waals surface area contributed by atoms with E-state index in [1.165, 1.54) is 4.90 Å². The second-order valence-corrected chi connectivity index (χ2v) is 6.05. The fraction of sp³-hybridized carbons (Fsp3) is 0.444. The fourth-order valence-corrected chi connectivity index (χ4v) is 2.74. The van der Waals surface area contributed by atoms with Crippen LogP contribution in [0.3, 0.4) is 0 Å². The molecule has 0 saturated carbocycles. The van der Waals surface area contributed by atoms with Crippen molar-refractivity contribution in [3.63, 3.8) is 0 Å². The Hall–Kier alpha value is -2.90. The van der Waals surface area contributed by atoms with E-state index in [-0.39, 0.29) is 32.4 Å². The molecule has 0 spiro atoms. The number of methoxy groups -OCH3 is 1. The summed E-state index contributed by atoms with van der Waals surface area (Å²) in [5.74, 6) is -3.21. The van der Waals surface area contributed by atoms with E-state index in [0.717, 1.165) is 5.56 Å². The van der Waals surface area contributed by atoms with Crippen LogP contribution in [0.2, 0.25) is 0 Å². The van der Waals surface area contributed by atoms with Crippen LogP contribution in [0.5, 0.6) is 5.75 Å². The maximum absolute atomic E-state index is 12.6. The van der Waals surface area contributed by atoms with Crippen molar-refractivity contribution < 1.29 is 29.0 Å². The van der Waals surface area contributed by atoms with Crippen LogP contribution in [-0.4, -0.2) is 53.8 Å². The molecule has 1 fully saturated rings. The number of aliphatic carboxylic acids is 1. The molecule has 0 radical (unpaired) electrons. The van der Waals surface area contributed by atoms with Crippen LogP contribution >= 0.6 is 0 Å². The summed E-state index contributed by atoms with van der Waals surface area (Å²) in [5.41, 5.74) is 0.870. The van der Waals surface area contributed by atoms with Crippen LogP contribution in [0.1, 0.15) is 24.8 Å². The fourth-order valence-electron chi connectivity index (χ4n) is 2.74. The molecule has 8 heteroatoms. The van der Waals surface area contributed by atoms with Crippen LogP contribution in [0.15, 0.2) is 24.3 Å². The van der Waals surface area contributed by atoms with Gasteiger partial charge in [-0.3, -0.25) is 19.2 Å². The summed E-state index contributed by atoms with van der Waals surface area (Å²) < 4.78 is 5.09. The SMILES string of the molecule is COc1ccc(CN2CCC(=O)C(C(=O)NCCCC(=O)O)C2=O)cc1. The Morgan fingerprint density at radius 3 is 2.58 bits per heavy atom. The molecule has 1 saturated heterocycles. The Bertz CT molecular complexity index is 685. The number of nitrogens with zero attached hydrogens (tertiary/aromatic N) is 1. The van der Waals surface area contributed by atoms with Gasteiger partial charge in [-0.25, -0.2) is 0 Å². The van der Waals surface area contributed by atoms with Crippen LogP contribution in [0, 0.1) is 5.92 Å². The van der Waals surface area contributed by atoms with E-state index in [1.54, 1.807) is 19.2 Å². The number of ketones is 1. The number of ether oxygens (including phenoxy) is 1. The van der Waals surface area contributed by atoms with Crippen LogP contribution in [0.25, 0.3) is 0 Å². The molecule has 1 aromatic rings. The minimum Gasteiger partial charge on any atom is -0.497 e. The zero-order valence-electron chi connectivity index (χ0n) is 14.6. The van der Waals surface area contributed by atoms with E-state index < -0.39 is 29.5 Å². The highest BCUT2D eigenvalue weighted by Crippen LogP contribution is 2.19. The molecule has 8 nitrogen and oxygen atoms in total. The maximum Gasteiger partial charge on any atom is 0.303 e. The first kappa shape index (κ1) is 19.4. The first-order valence-electron chi connectivity index (χ1n) is 8.36. The number of carbonyl (C=O) groups is 4. The number of amides is 2. The third-order valence-electron chi connectivity index (χ3n) is 4.17. The number of hydrogen-bond acceptors (Lipinski definition) is 5. The van der Waals surface area contributed by atoms with Crippen molar-refractivity contribution in [1.29, 1.82) is 0 Å². The Morgan fingerprint density at radius 1 is 1.27 bits per heavy atom. The monoisotopic (exact) mass is 362 g/mol. The molecule has 1 heterocycles. The lowest BCUT2D eigenvalue weighted by Gasteiger charge is -2.30. The number of carboxylic acids is 1. The molecule has 1 aromatic carbocycles. The van der Waals surface area contributed by atoms with E-state index in [1.807, 2.05) is 12.1 Å². The normalized spacial score (nSPS) is 17.1. The van der Waals surface area contributed by atoms with Crippen molar-refractivity contribution in [2.75, 3.05) is 20.2 Å². The zero-order valence-corrected chi connectivity index (χ0v) is 14.6. The van der Waals surface area contributed by atoms with Crippen molar-refractivity contribution >= 4 is 23.6 Å². The van der Waals surface area contributed by atoms with Gasteiger partial charge in [-0.05, 0) is 24.1 Å². The van der Waals surface area contributed by atoms with E-state index in [9.17, 15) is 19.2 Å². The summed E-state index contributed by atoms with van der Waals surface area (Å²) in [6.45, 7) is 0.687. The Kier molecular flexibility index (Phi) is 6.71. The lowest BCUT2D eigenvalue weighted by Crippen LogP contribution is -2.51. The molecule has 26 heavy (non-hydrogen) atoms. The molecule has 2 N–H and O–H groups in total. The van der Waals surface area contributed by atoms with Crippen LogP contribution in [0.4, 0.5) is 0 Å². The second kappa shape index (κ2) is 8.98. The predicted octanol–water partition coefficient (Wildman–Crippen LogP) is 0.594. The maximum atomic E-state index is 12.6. The molecule has 0 bridgehead atoms. The minimum absolute atomic E-state index is 0.0869. The highest BCUT2D eigenvalue weighted by molar-refractivity contribution is 6.19. The van der Waals surface area contributed by atoms with E-state index in [0.29, 0.717) is 12.3 Å². The number of rotatable bonds is 8. The number of hydrogen-bond donors (Lipinski definition) is 2. The molecule has 2 amide bonds. The average molecular weight is 362 g/mol. The zero-order chi connectivity index (χ0) is 19.1. The minimum atomic E-state index is -1.35. The molecule has 1 aliphatic rings. The standard InChI is InChI=1S/C18H22N2O6/c1-26-13-6-4-12(5-7-13)11-20-10-8-14(21)16(18(20)25)17(24)19-9-2-3-15(22)23/h4-7,16H,2-3,8-11H2,1H3,(H,19,24)(H,22,23). The van der Waals surface area contributed by atoms with Gasteiger partial charge in [-0.1, -0.05) is 12.1 Å². The smallest absolute Gasteiger partial charge is 0.303 e. The predicted molar refractivity (Wildman–Crippen MR) is 91.4 cm³/mol. The van der Waals surface area contributed by atoms with Gasteiger partial charge in [0.1, 0.15) is 5.75 Å². The van der Waals surface area contributed by atoms with E-state index >= 15 is 0 Å². The van der Waals surface area contributed by atoms with Gasteiger partial charge in [0.25, 0.3) is 0 Å². The van der Waals surface area contributed by atoms with Gasteiger partial charge in [0.2, 0.25) is 11.8 Å². The lowest BCUT2D eigenvalue weighted by atomic mass is 9.94. The van der Waals surface area contributed by atoms with Gasteiger partial charge < -0.3 is 20.1 Å². The third kappa shape index (κ3) is 5.05. The topological polar surface area (TPSA) is 113 Å². The van der Waals surface area contributed by atoms with E-state index in [4.69, 9.17) is 9.84 Å². The molecule has 1 aliphatic heterocycles.